The number of phenols is 8. The summed E-state index contributed by atoms with van der Waals surface area (Å²) in [5.41, 5.74) is 15.9. The van der Waals surface area contributed by atoms with Gasteiger partial charge in [0.2, 0.25) is 0 Å². The van der Waals surface area contributed by atoms with E-state index in [9.17, 15) is 40.9 Å². The van der Waals surface area contributed by atoms with Gasteiger partial charge in [0.1, 0.15) is 46.0 Å². The van der Waals surface area contributed by atoms with Gasteiger partial charge in [0.15, 0.2) is 0 Å². The van der Waals surface area contributed by atoms with E-state index in [1.165, 1.54) is 0 Å². The van der Waals surface area contributed by atoms with Crippen LogP contribution in [-0.2, 0) is 36.5 Å². The largest absolute Gasteiger partial charge is 0.508 e. The van der Waals surface area contributed by atoms with Crippen LogP contribution in [0.4, 0.5) is 0 Å². The van der Waals surface area contributed by atoms with Crippen molar-refractivity contribution in [2.45, 2.75) is 110 Å². The van der Waals surface area contributed by atoms with E-state index in [0.29, 0.717) is 36.8 Å². The van der Waals surface area contributed by atoms with Gasteiger partial charge in [0, 0.05) is 36.5 Å². The number of rotatable bonds is 15. The predicted octanol–water partition coefficient (Wildman–Crippen LogP) is 15.2. The third kappa shape index (κ3) is 10.7. The van der Waals surface area contributed by atoms with Crippen LogP contribution in [0.1, 0.15) is 150 Å². The molecular formula is C71H70O8. The van der Waals surface area contributed by atoms with Crippen LogP contribution in [0, 0.1) is 34.6 Å². The Morgan fingerprint density at radius 1 is 0.342 bits per heavy atom. The van der Waals surface area contributed by atoms with E-state index < -0.39 is 10.8 Å². The molecule has 8 nitrogen and oxygen atoms in total. The van der Waals surface area contributed by atoms with Gasteiger partial charge in [-0.15, -0.1) is 0 Å². The van der Waals surface area contributed by atoms with Gasteiger partial charge in [0.05, 0.1) is 0 Å². The maximum absolute atomic E-state index is 12.3. The molecule has 0 radical (unpaired) electrons. The van der Waals surface area contributed by atoms with Crippen LogP contribution in [-0.4, -0.2) is 40.9 Å². The van der Waals surface area contributed by atoms with Crippen LogP contribution in [0.2, 0.25) is 0 Å². The lowest BCUT2D eigenvalue weighted by Crippen LogP contribution is -2.27. The molecule has 0 bridgehead atoms. The van der Waals surface area contributed by atoms with Crippen LogP contribution in [0.5, 0.6) is 46.0 Å². The monoisotopic (exact) mass is 1050 g/mol. The molecule has 1 saturated carbocycles. The van der Waals surface area contributed by atoms with Gasteiger partial charge < -0.3 is 40.9 Å². The van der Waals surface area contributed by atoms with E-state index in [0.717, 1.165) is 107 Å². The minimum absolute atomic E-state index is 0.0458. The number of hydrogen-bond donors (Lipinski definition) is 8. The Labute approximate surface area is 463 Å². The van der Waals surface area contributed by atoms with Crippen LogP contribution < -0.4 is 0 Å². The molecule has 0 aliphatic heterocycles. The van der Waals surface area contributed by atoms with Crippen molar-refractivity contribution in [1.29, 1.82) is 0 Å². The minimum Gasteiger partial charge on any atom is -0.508 e. The number of aromatic hydroxyl groups is 8. The summed E-state index contributed by atoms with van der Waals surface area (Å²) in [7, 11) is 0. The van der Waals surface area contributed by atoms with E-state index in [1.54, 1.807) is 36.4 Å². The second-order valence-corrected chi connectivity index (χ2v) is 23.1. The average molecular weight is 1050 g/mol. The Hall–Kier alpha value is -8.62. The van der Waals surface area contributed by atoms with E-state index in [4.69, 9.17) is 0 Å². The second-order valence-electron chi connectivity index (χ2n) is 23.1. The van der Waals surface area contributed by atoms with Gasteiger partial charge in [-0.2, -0.15) is 0 Å². The summed E-state index contributed by atoms with van der Waals surface area (Å²) in [4.78, 5) is 0. The first-order chi connectivity index (χ1) is 37.6. The average Bonchev–Trinajstić information content (AvgIpc) is 4.31. The molecule has 0 aromatic heterocycles. The Morgan fingerprint density at radius 3 is 1.19 bits per heavy atom. The first-order valence-corrected chi connectivity index (χ1v) is 27.2. The zero-order valence-electron chi connectivity index (χ0n) is 46.3. The number of hydrogen-bond acceptors (Lipinski definition) is 8. The van der Waals surface area contributed by atoms with Crippen molar-refractivity contribution in [3.63, 3.8) is 0 Å². The number of benzene rings is 9. The zero-order chi connectivity index (χ0) is 56.2. The Balaban J connectivity index is 1.12. The highest BCUT2D eigenvalue weighted by molar-refractivity contribution is 5.61. The summed E-state index contributed by atoms with van der Waals surface area (Å²) in [6.07, 6.45) is 2.50. The quantitative estimate of drug-likeness (QED) is 0.0471. The Morgan fingerprint density at radius 2 is 0.734 bits per heavy atom. The third-order valence-electron chi connectivity index (χ3n) is 17.1. The molecule has 3 atom stereocenters. The van der Waals surface area contributed by atoms with Crippen molar-refractivity contribution in [3.8, 4) is 46.0 Å². The molecule has 0 amide bonds. The molecule has 0 heterocycles. The number of aryl methyl sites for hydroxylation is 5. The molecule has 8 N–H and O–H groups in total. The summed E-state index contributed by atoms with van der Waals surface area (Å²) in [5, 5.41) is 88.2. The van der Waals surface area contributed by atoms with Gasteiger partial charge in [-0.3, -0.25) is 0 Å². The molecule has 1 aliphatic rings. The fourth-order valence-corrected chi connectivity index (χ4v) is 11.8. The maximum atomic E-state index is 12.3. The molecule has 3 unspecified atom stereocenters. The molecule has 9 aromatic rings. The molecule has 0 spiro atoms. The van der Waals surface area contributed by atoms with Crippen LogP contribution >= 0.6 is 0 Å². The van der Waals surface area contributed by atoms with Crippen LogP contribution in [0.15, 0.2) is 158 Å². The van der Waals surface area contributed by atoms with Gasteiger partial charge in [-0.25, -0.2) is 0 Å². The summed E-state index contributed by atoms with van der Waals surface area (Å²) in [6.45, 7) is 16.1. The normalized spacial score (nSPS) is 15.0. The lowest BCUT2D eigenvalue weighted by Gasteiger charge is -2.35. The van der Waals surface area contributed by atoms with Crippen molar-refractivity contribution in [2.75, 3.05) is 0 Å². The fourth-order valence-electron chi connectivity index (χ4n) is 11.8. The van der Waals surface area contributed by atoms with Crippen molar-refractivity contribution >= 4 is 0 Å². The van der Waals surface area contributed by atoms with Crippen molar-refractivity contribution < 1.29 is 40.9 Å². The van der Waals surface area contributed by atoms with E-state index in [1.807, 2.05) is 95.3 Å². The molecule has 1 aliphatic carbocycles. The summed E-state index contributed by atoms with van der Waals surface area (Å²) in [6, 6.07) is 50.7. The molecule has 10 rings (SSSR count). The lowest BCUT2D eigenvalue weighted by atomic mass is 9.68. The van der Waals surface area contributed by atoms with Gasteiger partial charge in [-0.1, -0.05) is 135 Å². The zero-order valence-corrected chi connectivity index (χ0v) is 46.3. The number of phenolic OH excluding ortho intramolecular Hbond substituents is 8. The van der Waals surface area contributed by atoms with Crippen LogP contribution in [0.3, 0.4) is 0 Å². The minimum atomic E-state index is -0.879. The topological polar surface area (TPSA) is 162 Å². The van der Waals surface area contributed by atoms with E-state index >= 15 is 0 Å². The maximum Gasteiger partial charge on any atom is 0.122 e. The Kier molecular flexibility index (Phi) is 14.3. The first kappa shape index (κ1) is 53.8. The fraction of sp³-hybridized carbons (Fsp3) is 0.239. The molecule has 0 saturated heterocycles. The smallest absolute Gasteiger partial charge is 0.122 e. The highest BCUT2D eigenvalue weighted by atomic mass is 16.3. The van der Waals surface area contributed by atoms with Crippen molar-refractivity contribution in [3.05, 3.63) is 269 Å². The molecular weight excluding hydrogens is 981 g/mol. The second kappa shape index (κ2) is 21.0. The molecule has 8 heteroatoms. The molecule has 402 valence electrons. The standard InChI is InChI=1S/C71H70O8/c1-40-25-46(11-21-63(40)73)31-51-34-56(35-52(69(51)79)32-47-12-22-64(74)41(2)26-47)70(6,7)54-15-17-55(18-16-54)71(8,57-29-44(5)67(77)62(38-57)61-39-60(61)49-14-24-66(76)43(4)28-49)58-36-50(30-45-9-19-59(72)20-10-45)68(78)53(37-58)33-48-13-23-65(75)42(3)27-48/h9-29,34-38,60-61,72-79H,30-33,39H2,1-8H3. The van der Waals surface area contributed by atoms with Gasteiger partial charge >= 0.3 is 0 Å². The van der Waals surface area contributed by atoms with Gasteiger partial charge in [-0.05, 0) is 207 Å². The molecule has 1 fully saturated rings. The molecule has 79 heavy (non-hydrogen) atoms. The first-order valence-electron chi connectivity index (χ1n) is 27.2. The van der Waals surface area contributed by atoms with Crippen molar-refractivity contribution in [1.82, 2.24) is 0 Å². The highest BCUT2D eigenvalue weighted by Crippen LogP contribution is 2.58. The third-order valence-corrected chi connectivity index (χ3v) is 17.1. The van der Waals surface area contributed by atoms with Gasteiger partial charge in [0.25, 0.3) is 0 Å². The predicted molar refractivity (Wildman–Crippen MR) is 314 cm³/mol. The molecule has 9 aromatic carbocycles. The Bertz CT molecular complexity index is 3720. The lowest BCUT2D eigenvalue weighted by molar-refractivity contribution is 0.461. The SMILES string of the molecule is Cc1cc(Cc2cc(C(C)(C)c3ccc(C(C)(c4cc(Cc5ccc(O)cc5)c(O)c(Cc5ccc(O)c(C)c5)c4)c4cc(C)c(O)c(C5CC5c5ccc(O)c(C)c5)c4)cc3)cc(Cc3ccc(O)c(C)c3)c2O)ccc1O. The highest BCUT2D eigenvalue weighted by Gasteiger charge is 2.43. The van der Waals surface area contributed by atoms with E-state index in [-0.39, 0.29) is 57.8 Å². The van der Waals surface area contributed by atoms with Crippen molar-refractivity contribution in [2.24, 2.45) is 0 Å². The van der Waals surface area contributed by atoms with E-state index in [2.05, 4.69) is 81.4 Å². The summed E-state index contributed by atoms with van der Waals surface area (Å²) in [5.74, 6) is 1.89. The van der Waals surface area contributed by atoms with Crippen LogP contribution in [0.25, 0.3) is 0 Å². The summed E-state index contributed by atoms with van der Waals surface area (Å²) < 4.78 is 0. The summed E-state index contributed by atoms with van der Waals surface area (Å²) >= 11 is 0.